The monoisotopic (exact) mass is 277 g/mol. The highest BCUT2D eigenvalue weighted by molar-refractivity contribution is 5.28. The highest BCUT2D eigenvalue weighted by atomic mass is 16.5. The van der Waals surface area contributed by atoms with E-state index >= 15 is 0 Å². The maximum atomic E-state index is 5.54. The Bertz CT molecular complexity index is 527. The van der Waals surface area contributed by atoms with Gasteiger partial charge in [-0.05, 0) is 24.8 Å². The smallest absolute Gasteiger partial charge is 0.323 e. The summed E-state index contributed by atoms with van der Waals surface area (Å²) in [7, 11) is 0. The van der Waals surface area contributed by atoms with Crippen molar-refractivity contribution in [2.24, 2.45) is 11.8 Å². The van der Waals surface area contributed by atoms with Crippen molar-refractivity contribution >= 4 is 5.95 Å². The molecule has 8 nitrogen and oxygen atoms in total. The number of aromatic nitrogens is 5. The molecule has 0 unspecified atom stereocenters. The average molecular weight is 277 g/mol. The zero-order valence-corrected chi connectivity index (χ0v) is 11.7. The fraction of sp³-hybridized carbons (Fsp3) is 0.500. The third kappa shape index (κ3) is 3.89. The molecule has 0 amide bonds. The first-order valence-electron chi connectivity index (χ1n) is 6.54. The highest BCUT2D eigenvalue weighted by Crippen LogP contribution is 2.11. The van der Waals surface area contributed by atoms with Gasteiger partial charge in [-0.15, -0.1) is 0 Å². The number of nitrogens with two attached hydrogens (primary N) is 1. The Labute approximate surface area is 117 Å². The molecule has 2 rings (SSSR count). The first-order chi connectivity index (χ1) is 9.69. The van der Waals surface area contributed by atoms with E-state index in [2.05, 4.69) is 39.3 Å². The molecule has 2 heterocycles. The van der Waals surface area contributed by atoms with Gasteiger partial charge >= 0.3 is 6.01 Å². The van der Waals surface area contributed by atoms with Crippen molar-refractivity contribution in [1.82, 2.24) is 24.7 Å². The van der Waals surface area contributed by atoms with E-state index < -0.39 is 0 Å². The van der Waals surface area contributed by atoms with Crippen molar-refractivity contribution in [1.29, 1.82) is 0 Å². The molecule has 2 aromatic rings. The molecule has 8 heteroatoms. The van der Waals surface area contributed by atoms with Gasteiger partial charge in [0.05, 0.1) is 6.61 Å². The van der Waals surface area contributed by atoms with Crippen LogP contribution in [0.5, 0.6) is 6.01 Å². The average Bonchev–Trinajstić information content (AvgIpc) is 2.97. The van der Waals surface area contributed by atoms with Crippen molar-refractivity contribution in [2.45, 2.75) is 26.7 Å². The second-order valence-corrected chi connectivity index (χ2v) is 4.72. The van der Waals surface area contributed by atoms with Crippen LogP contribution in [0.4, 0.5) is 5.95 Å². The second kappa shape index (κ2) is 6.80. The van der Waals surface area contributed by atoms with Crippen LogP contribution >= 0.6 is 0 Å². The third-order valence-electron chi connectivity index (χ3n) is 2.60. The van der Waals surface area contributed by atoms with Crippen molar-refractivity contribution in [3.8, 4) is 12.0 Å². The summed E-state index contributed by atoms with van der Waals surface area (Å²) in [6.45, 7) is 4.91. The molecule has 0 fully saturated rings. The van der Waals surface area contributed by atoms with Gasteiger partial charge in [-0.2, -0.15) is 20.1 Å². The van der Waals surface area contributed by atoms with E-state index in [0.717, 1.165) is 12.8 Å². The molecule has 0 aliphatic rings. The maximum Gasteiger partial charge on any atom is 0.323 e. The van der Waals surface area contributed by atoms with Gasteiger partial charge in [-0.25, -0.2) is 10.5 Å². The first-order valence-corrected chi connectivity index (χ1v) is 6.54. The number of nitrogens with one attached hydrogen (secondary N) is 1. The number of hydrogen-bond donors (Lipinski definition) is 2. The molecule has 0 saturated heterocycles. The van der Waals surface area contributed by atoms with Crippen LogP contribution in [0.3, 0.4) is 0 Å². The van der Waals surface area contributed by atoms with Gasteiger partial charge in [0.25, 0.3) is 5.95 Å². The van der Waals surface area contributed by atoms with Crippen molar-refractivity contribution in [3.05, 3.63) is 18.5 Å². The zero-order chi connectivity index (χ0) is 14.4. The lowest BCUT2D eigenvalue weighted by molar-refractivity contribution is 0.275. The summed E-state index contributed by atoms with van der Waals surface area (Å²) in [4.78, 5) is 12.4. The van der Waals surface area contributed by atoms with Crippen LogP contribution in [0, 0.1) is 5.92 Å². The van der Waals surface area contributed by atoms with E-state index in [1.54, 1.807) is 18.5 Å². The van der Waals surface area contributed by atoms with Crippen molar-refractivity contribution in [3.63, 3.8) is 0 Å². The zero-order valence-electron chi connectivity index (χ0n) is 11.7. The summed E-state index contributed by atoms with van der Waals surface area (Å²) in [5.41, 5.74) is 2.40. The minimum Gasteiger partial charge on any atom is -0.463 e. The number of ether oxygens (including phenoxy) is 1. The topological polar surface area (TPSA) is 104 Å². The number of nitrogen functional groups attached to an aromatic ring is 1. The molecule has 2 aromatic heterocycles. The summed E-state index contributed by atoms with van der Waals surface area (Å²) in [6.07, 6.45) is 5.42. The summed E-state index contributed by atoms with van der Waals surface area (Å²) in [5, 5.41) is 4.06. The minimum atomic E-state index is 0.238. The SMILES string of the molecule is CC(C)CCCOc1nc(NN)nc(-n2cccn2)n1. The largest absolute Gasteiger partial charge is 0.463 e. The Balaban J connectivity index is 2.06. The Kier molecular flexibility index (Phi) is 4.83. The summed E-state index contributed by atoms with van der Waals surface area (Å²) >= 11 is 0. The highest BCUT2D eigenvalue weighted by Gasteiger charge is 2.08. The molecule has 20 heavy (non-hydrogen) atoms. The summed E-state index contributed by atoms with van der Waals surface area (Å²) in [6, 6.07) is 2.02. The molecule has 0 aliphatic heterocycles. The standard InChI is InChI=1S/C12H19N7O/c1-9(2)5-3-8-20-12-16-10(18-13)15-11(17-12)19-7-4-6-14-19/h4,6-7,9H,3,5,8,13H2,1-2H3,(H,15,16,17,18). The Morgan fingerprint density at radius 2 is 2.20 bits per heavy atom. The van der Waals surface area contributed by atoms with Crippen LogP contribution in [-0.2, 0) is 0 Å². The number of nitrogens with zero attached hydrogens (tertiary/aromatic N) is 5. The lowest BCUT2D eigenvalue weighted by Gasteiger charge is -2.08. The Morgan fingerprint density at radius 3 is 2.85 bits per heavy atom. The Morgan fingerprint density at radius 1 is 1.35 bits per heavy atom. The van der Waals surface area contributed by atoms with Gasteiger partial charge in [-0.3, -0.25) is 5.43 Å². The van der Waals surface area contributed by atoms with Crippen LogP contribution in [0.15, 0.2) is 18.5 Å². The molecule has 0 spiro atoms. The fourth-order valence-electron chi connectivity index (χ4n) is 1.62. The summed E-state index contributed by atoms with van der Waals surface area (Å²) in [5.74, 6) is 6.60. The molecular weight excluding hydrogens is 258 g/mol. The van der Waals surface area contributed by atoms with E-state index in [9.17, 15) is 0 Å². The molecule has 0 aliphatic carbocycles. The lowest BCUT2D eigenvalue weighted by atomic mass is 10.1. The third-order valence-corrected chi connectivity index (χ3v) is 2.60. The van der Waals surface area contributed by atoms with Gasteiger partial charge < -0.3 is 4.74 Å². The van der Waals surface area contributed by atoms with E-state index in [1.165, 1.54) is 4.68 Å². The molecule has 108 valence electrons. The van der Waals surface area contributed by atoms with Crippen LogP contribution in [0.2, 0.25) is 0 Å². The van der Waals surface area contributed by atoms with Crippen LogP contribution in [0.1, 0.15) is 26.7 Å². The minimum absolute atomic E-state index is 0.238. The molecule has 0 saturated carbocycles. The van der Waals surface area contributed by atoms with Gasteiger partial charge in [0.2, 0.25) is 5.95 Å². The molecule has 0 radical (unpaired) electrons. The number of rotatable bonds is 7. The van der Waals surface area contributed by atoms with E-state index in [-0.39, 0.29) is 12.0 Å². The predicted molar refractivity (Wildman–Crippen MR) is 74.3 cm³/mol. The lowest BCUT2D eigenvalue weighted by Crippen LogP contribution is -2.15. The number of hydrogen-bond acceptors (Lipinski definition) is 7. The van der Waals surface area contributed by atoms with Crippen LogP contribution < -0.4 is 16.0 Å². The van der Waals surface area contributed by atoms with Crippen molar-refractivity contribution in [2.75, 3.05) is 12.0 Å². The molecule has 0 aromatic carbocycles. The first kappa shape index (κ1) is 14.2. The van der Waals surface area contributed by atoms with Crippen LogP contribution in [-0.4, -0.2) is 31.3 Å². The molecule has 3 N–H and O–H groups in total. The number of hydrazine groups is 1. The Hall–Kier alpha value is -2.22. The van der Waals surface area contributed by atoms with E-state index in [0.29, 0.717) is 18.5 Å². The quantitative estimate of drug-likeness (QED) is 0.444. The van der Waals surface area contributed by atoms with Gasteiger partial charge in [0, 0.05) is 12.4 Å². The van der Waals surface area contributed by atoms with E-state index in [1.807, 2.05) is 0 Å². The van der Waals surface area contributed by atoms with Gasteiger partial charge in [0.15, 0.2) is 0 Å². The predicted octanol–water partition coefficient (Wildman–Crippen LogP) is 1.16. The van der Waals surface area contributed by atoms with Crippen LogP contribution in [0.25, 0.3) is 5.95 Å². The molecule has 0 atom stereocenters. The fourth-order valence-corrected chi connectivity index (χ4v) is 1.62. The molecular formula is C12H19N7O. The number of anilines is 1. The summed E-state index contributed by atoms with van der Waals surface area (Å²) < 4.78 is 7.06. The van der Waals surface area contributed by atoms with E-state index in [4.69, 9.17) is 10.6 Å². The van der Waals surface area contributed by atoms with Crippen molar-refractivity contribution < 1.29 is 4.74 Å². The van der Waals surface area contributed by atoms with Gasteiger partial charge in [-0.1, -0.05) is 13.8 Å². The molecule has 0 bridgehead atoms. The maximum absolute atomic E-state index is 5.54. The second-order valence-electron chi connectivity index (χ2n) is 4.72. The normalized spacial score (nSPS) is 10.8. The van der Waals surface area contributed by atoms with Gasteiger partial charge in [0.1, 0.15) is 0 Å².